The lowest BCUT2D eigenvalue weighted by atomic mass is 9.98. The molecule has 1 aliphatic heterocycles. The molecule has 11 heteroatoms. The minimum atomic E-state index is -4.10. The van der Waals surface area contributed by atoms with E-state index in [4.69, 9.17) is 15.7 Å². The van der Waals surface area contributed by atoms with E-state index in [1.54, 1.807) is 17.1 Å². The second-order valence-electron chi connectivity index (χ2n) is 6.49. The minimum absolute atomic E-state index is 0.0801. The number of nitrogens with one attached hydrogen (secondary N) is 1. The third-order valence-corrected chi connectivity index (χ3v) is 5.80. The van der Waals surface area contributed by atoms with Crippen molar-refractivity contribution in [3.05, 3.63) is 29.8 Å². The molecule has 1 heterocycles. The van der Waals surface area contributed by atoms with Gasteiger partial charge in [-0.05, 0) is 24.1 Å². The normalized spacial score (nSPS) is 29.2. The summed E-state index contributed by atoms with van der Waals surface area (Å²) in [7, 11) is -4.10. The summed E-state index contributed by atoms with van der Waals surface area (Å²) in [6, 6.07) is 4.51. The molecule has 1 aliphatic rings. The van der Waals surface area contributed by atoms with Gasteiger partial charge in [0.1, 0.15) is 24.4 Å². The molecule has 0 spiro atoms. The van der Waals surface area contributed by atoms with Crippen LogP contribution in [0.5, 0.6) is 0 Å². The molecule has 2 rings (SSSR count). The predicted octanol–water partition coefficient (Wildman–Crippen LogP) is -2.15. The van der Waals surface area contributed by atoms with Crippen LogP contribution in [0.25, 0.3) is 0 Å². The number of aliphatic hydroxyl groups excluding tert-OH is 4. The monoisotopic (exact) mass is 405 g/mol. The molecule has 0 radical (unpaired) electrons. The predicted molar refractivity (Wildman–Crippen MR) is 95.4 cm³/mol. The molecule has 0 amide bonds. The van der Waals surface area contributed by atoms with Gasteiger partial charge in [-0.1, -0.05) is 19.1 Å². The first-order valence-corrected chi connectivity index (χ1v) is 10.1. The highest BCUT2D eigenvalue weighted by Crippen LogP contribution is 2.22. The van der Waals surface area contributed by atoms with E-state index in [2.05, 4.69) is 4.72 Å². The van der Waals surface area contributed by atoms with E-state index in [1.165, 1.54) is 12.1 Å². The van der Waals surface area contributed by atoms with Gasteiger partial charge in [0.05, 0.1) is 11.5 Å². The van der Waals surface area contributed by atoms with Crippen molar-refractivity contribution in [1.29, 1.82) is 0 Å². The summed E-state index contributed by atoms with van der Waals surface area (Å²) in [6.45, 7) is 2.53. The summed E-state index contributed by atoms with van der Waals surface area (Å²) in [5, 5.41) is 40.5. The van der Waals surface area contributed by atoms with Crippen molar-refractivity contribution in [3.63, 3.8) is 0 Å². The number of nitrogens with two attached hydrogens (primary N) is 1. The second-order valence-corrected chi connectivity index (χ2v) is 8.20. The van der Waals surface area contributed by atoms with Crippen LogP contribution in [0.1, 0.15) is 18.9 Å². The Morgan fingerprint density at radius 3 is 2.37 bits per heavy atom. The SMILES string of the molecule is CCCN(N)Cc1ccc(S(=O)(=O)NC2C(O)OC(CO)C(O)C2O)cc1. The van der Waals surface area contributed by atoms with E-state index < -0.39 is 47.3 Å². The average molecular weight is 405 g/mol. The lowest BCUT2D eigenvalue weighted by Gasteiger charge is -2.40. The van der Waals surface area contributed by atoms with Crippen molar-refractivity contribution in [2.24, 2.45) is 5.84 Å². The lowest BCUT2D eigenvalue weighted by Crippen LogP contribution is -2.64. The van der Waals surface area contributed by atoms with Crippen molar-refractivity contribution >= 4 is 10.0 Å². The first-order chi connectivity index (χ1) is 12.7. The summed E-state index contributed by atoms with van der Waals surface area (Å²) in [4.78, 5) is -0.0801. The molecule has 5 unspecified atom stereocenters. The van der Waals surface area contributed by atoms with Crippen LogP contribution in [0, 0.1) is 0 Å². The zero-order valence-electron chi connectivity index (χ0n) is 15.0. The fourth-order valence-electron chi connectivity index (χ4n) is 2.85. The molecule has 0 bridgehead atoms. The van der Waals surface area contributed by atoms with Gasteiger partial charge < -0.3 is 25.2 Å². The number of hydrogen-bond donors (Lipinski definition) is 6. The summed E-state index contributed by atoms with van der Waals surface area (Å²) in [6.07, 6.45) is -5.25. The van der Waals surface area contributed by atoms with Crippen LogP contribution >= 0.6 is 0 Å². The number of ether oxygens (including phenoxy) is 1. The van der Waals surface area contributed by atoms with E-state index in [9.17, 15) is 23.7 Å². The Balaban J connectivity index is 2.09. The average Bonchev–Trinajstić information content (AvgIpc) is 2.62. The maximum atomic E-state index is 12.5. The maximum absolute atomic E-state index is 12.5. The number of aliphatic hydroxyl groups is 4. The van der Waals surface area contributed by atoms with Gasteiger partial charge in [-0.15, -0.1) is 0 Å². The zero-order valence-corrected chi connectivity index (χ0v) is 15.8. The Morgan fingerprint density at radius 2 is 1.81 bits per heavy atom. The van der Waals surface area contributed by atoms with Gasteiger partial charge in [0.2, 0.25) is 10.0 Å². The molecule has 0 aliphatic carbocycles. The highest BCUT2D eigenvalue weighted by atomic mass is 32.2. The molecule has 1 fully saturated rings. The molecule has 1 aromatic rings. The van der Waals surface area contributed by atoms with E-state index in [-0.39, 0.29) is 4.90 Å². The van der Waals surface area contributed by atoms with Gasteiger partial charge in [-0.3, -0.25) is 5.84 Å². The summed E-state index contributed by atoms with van der Waals surface area (Å²) >= 11 is 0. The van der Waals surface area contributed by atoms with Gasteiger partial charge in [-0.25, -0.2) is 18.1 Å². The van der Waals surface area contributed by atoms with Crippen molar-refractivity contribution < 1.29 is 33.6 Å². The van der Waals surface area contributed by atoms with Gasteiger partial charge in [0.15, 0.2) is 6.29 Å². The molecule has 27 heavy (non-hydrogen) atoms. The Bertz CT molecular complexity index is 700. The number of hydrogen-bond acceptors (Lipinski definition) is 9. The molecule has 7 N–H and O–H groups in total. The Labute approximate surface area is 158 Å². The van der Waals surface area contributed by atoms with Crippen LogP contribution in [-0.2, 0) is 21.3 Å². The molecule has 1 aromatic carbocycles. The molecular weight excluding hydrogens is 378 g/mol. The van der Waals surface area contributed by atoms with Gasteiger partial charge in [-0.2, -0.15) is 0 Å². The molecule has 10 nitrogen and oxygen atoms in total. The number of hydrazine groups is 1. The molecule has 154 valence electrons. The number of sulfonamides is 1. The van der Waals surface area contributed by atoms with Crippen LogP contribution in [0.4, 0.5) is 0 Å². The first-order valence-electron chi connectivity index (χ1n) is 8.61. The fraction of sp³-hybridized carbons (Fsp3) is 0.625. The Morgan fingerprint density at radius 1 is 1.19 bits per heavy atom. The lowest BCUT2D eigenvalue weighted by molar-refractivity contribution is -0.251. The molecule has 0 aromatic heterocycles. The number of rotatable bonds is 8. The topological polar surface area (TPSA) is 166 Å². The van der Waals surface area contributed by atoms with Crippen LogP contribution in [0.15, 0.2) is 29.2 Å². The molecule has 5 atom stereocenters. The van der Waals surface area contributed by atoms with Crippen molar-refractivity contribution in [1.82, 2.24) is 9.73 Å². The standard InChI is InChI=1S/C16H27N3O7S/c1-2-7-19(17)8-10-3-5-11(6-4-10)27(24,25)18-13-15(22)14(21)12(9-20)26-16(13)23/h3-6,12-16,18,20-23H,2,7-9,17H2,1H3. The highest BCUT2D eigenvalue weighted by molar-refractivity contribution is 7.89. The van der Waals surface area contributed by atoms with E-state index in [0.29, 0.717) is 13.1 Å². The molecule has 1 saturated heterocycles. The zero-order chi connectivity index (χ0) is 20.2. The maximum Gasteiger partial charge on any atom is 0.241 e. The van der Waals surface area contributed by atoms with E-state index in [0.717, 1.165) is 12.0 Å². The summed E-state index contributed by atoms with van der Waals surface area (Å²) < 4.78 is 32.1. The molecule has 0 saturated carbocycles. The van der Waals surface area contributed by atoms with Crippen LogP contribution < -0.4 is 10.6 Å². The van der Waals surface area contributed by atoms with E-state index in [1.807, 2.05) is 6.92 Å². The first kappa shape index (κ1) is 22.1. The van der Waals surface area contributed by atoms with Gasteiger partial charge in [0, 0.05) is 13.1 Å². The van der Waals surface area contributed by atoms with Crippen molar-refractivity contribution in [2.45, 2.75) is 55.4 Å². The molecular formula is C16H27N3O7S. The number of nitrogens with zero attached hydrogens (tertiary/aromatic N) is 1. The van der Waals surface area contributed by atoms with E-state index >= 15 is 0 Å². The Kier molecular flexibility index (Phi) is 7.68. The van der Waals surface area contributed by atoms with Crippen LogP contribution in [-0.4, -0.2) is 77.6 Å². The Hall–Kier alpha value is -1.15. The summed E-state index contributed by atoms with van der Waals surface area (Å²) in [5.41, 5.74) is 0.826. The van der Waals surface area contributed by atoms with Crippen molar-refractivity contribution in [3.8, 4) is 0 Å². The quantitative estimate of drug-likeness (QED) is 0.209. The third kappa shape index (κ3) is 5.44. The summed E-state index contributed by atoms with van der Waals surface area (Å²) in [5.74, 6) is 5.82. The minimum Gasteiger partial charge on any atom is -0.394 e. The fourth-order valence-corrected chi connectivity index (χ4v) is 4.09. The second kappa shape index (κ2) is 9.37. The van der Waals surface area contributed by atoms with Crippen LogP contribution in [0.2, 0.25) is 0 Å². The third-order valence-electron chi connectivity index (χ3n) is 4.32. The smallest absolute Gasteiger partial charge is 0.241 e. The van der Waals surface area contributed by atoms with Gasteiger partial charge >= 0.3 is 0 Å². The van der Waals surface area contributed by atoms with Crippen molar-refractivity contribution in [2.75, 3.05) is 13.2 Å². The number of benzene rings is 1. The highest BCUT2D eigenvalue weighted by Gasteiger charge is 2.45. The largest absolute Gasteiger partial charge is 0.394 e. The van der Waals surface area contributed by atoms with Crippen LogP contribution in [0.3, 0.4) is 0 Å². The van der Waals surface area contributed by atoms with Gasteiger partial charge in [0.25, 0.3) is 0 Å².